The van der Waals surface area contributed by atoms with Gasteiger partial charge in [-0.05, 0) is 5.92 Å². The monoisotopic (exact) mass is 119 g/mol. The second kappa shape index (κ2) is 4.13. The Hall–Kier alpha value is -0.0400. The molecule has 0 saturated heterocycles. The van der Waals surface area contributed by atoms with E-state index in [9.17, 15) is 4.79 Å². The number of alkyl halides is 1. The van der Waals surface area contributed by atoms with Gasteiger partial charge in [0.2, 0.25) is 0 Å². The lowest BCUT2D eigenvalue weighted by Gasteiger charge is -1.95. The highest BCUT2D eigenvalue weighted by Gasteiger charge is 1.95. The topological polar surface area (TPSA) is 17.1 Å². The van der Waals surface area contributed by atoms with Crippen LogP contribution < -0.4 is 0 Å². The summed E-state index contributed by atoms with van der Waals surface area (Å²) >= 11 is 5.35. The molecule has 1 unspecified atom stereocenters. The van der Waals surface area contributed by atoms with Crippen LogP contribution in [0.5, 0.6) is 0 Å². The molecule has 0 N–H and O–H groups in total. The highest BCUT2D eigenvalue weighted by atomic mass is 35.5. The highest BCUT2D eigenvalue weighted by molar-refractivity contribution is 6.18. The lowest BCUT2D eigenvalue weighted by atomic mass is 10.2. The van der Waals surface area contributed by atoms with E-state index in [0.29, 0.717) is 18.2 Å². The molecule has 0 bridgehead atoms. The van der Waals surface area contributed by atoms with Gasteiger partial charge in [-0.1, -0.05) is 6.92 Å². The molecule has 0 amide bonds. The van der Waals surface area contributed by atoms with Crippen molar-refractivity contribution in [2.45, 2.75) is 13.3 Å². The molecular formula is C5H8ClO. The molecule has 0 aliphatic heterocycles. The van der Waals surface area contributed by atoms with Crippen LogP contribution in [0.4, 0.5) is 0 Å². The summed E-state index contributed by atoms with van der Waals surface area (Å²) in [7, 11) is 0. The molecule has 1 radical (unpaired) electrons. The summed E-state index contributed by atoms with van der Waals surface area (Å²) < 4.78 is 0. The molecule has 0 aliphatic rings. The quantitative estimate of drug-likeness (QED) is 0.513. The molecule has 41 valence electrons. The maximum Gasteiger partial charge on any atom is 0.198 e. The van der Waals surface area contributed by atoms with Gasteiger partial charge in [0.15, 0.2) is 6.29 Å². The van der Waals surface area contributed by atoms with Crippen LogP contribution in [-0.2, 0) is 4.79 Å². The highest BCUT2D eigenvalue weighted by Crippen LogP contribution is 1.99. The van der Waals surface area contributed by atoms with E-state index in [1.165, 1.54) is 0 Å². The van der Waals surface area contributed by atoms with Crippen molar-refractivity contribution in [2.75, 3.05) is 5.88 Å². The van der Waals surface area contributed by atoms with Gasteiger partial charge in [-0.3, -0.25) is 4.79 Å². The SMILES string of the molecule is CC(CCl)C[C]=O. The fourth-order valence-corrected chi connectivity index (χ4v) is 0.306. The maximum absolute atomic E-state index is 9.59. The van der Waals surface area contributed by atoms with Crippen LogP contribution in [0, 0.1) is 5.92 Å². The Morgan fingerprint density at radius 1 is 1.86 bits per heavy atom. The second-order valence-corrected chi connectivity index (χ2v) is 1.92. The second-order valence-electron chi connectivity index (χ2n) is 1.61. The molecule has 7 heavy (non-hydrogen) atoms. The lowest BCUT2D eigenvalue weighted by Crippen LogP contribution is -1.94. The number of halogens is 1. The molecule has 0 heterocycles. The largest absolute Gasteiger partial charge is 0.291 e. The van der Waals surface area contributed by atoms with Crippen LogP contribution >= 0.6 is 11.6 Å². The van der Waals surface area contributed by atoms with Gasteiger partial charge in [0.25, 0.3) is 0 Å². The first-order valence-corrected chi connectivity index (χ1v) is 2.75. The summed E-state index contributed by atoms with van der Waals surface area (Å²) in [5.74, 6) is 0.842. The van der Waals surface area contributed by atoms with Gasteiger partial charge in [0.1, 0.15) is 0 Å². The van der Waals surface area contributed by atoms with Crippen molar-refractivity contribution in [1.29, 1.82) is 0 Å². The normalized spacial score (nSPS) is 13.4. The van der Waals surface area contributed by atoms with E-state index >= 15 is 0 Å². The molecule has 0 fully saturated rings. The third-order valence-corrected chi connectivity index (χ3v) is 1.22. The summed E-state index contributed by atoms with van der Waals surface area (Å²) in [4.78, 5) is 9.59. The van der Waals surface area contributed by atoms with E-state index < -0.39 is 0 Å². The molecule has 0 aromatic carbocycles. The zero-order valence-electron chi connectivity index (χ0n) is 4.28. The smallest absolute Gasteiger partial charge is 0.198 e. The molecule has 0 rings (SSSR count). The van der Waals surface area contributed by atoms with E-state index in [0.717, 1.165) is 0 Å². The summed E-state index contributed by atoms with van der Waals surface area (Å²) in [6, 6.07) is 0. The Kier molecular flexibility index (Phi) is 4.10. The number of carbonyl (C=O) groups excluding carboxylic acids is 1. The third-order valence-electron chi connectivity index (χ3n) is 0.695. The van der Waals surface area contributed by atoms with Crippen LogP contribution in [0.2, 0.25) is 0 Å². The van der Waals surface area contributed by atoms with Crippen molar-refractivity contribution in [2.24, 2.45) is 5.92 Å². The summed E-state index contributed by atoms with van der Waals surface area (Å²) in [5.41, 5.74) is 0. The molecular weight excluding hydrogens is 112 g/mol. The van der Waals surface area contributed by atoms with Crippen molar-refractivity contribution in [3.8, 4) is 0 Å². The minimum Gasteiger partial charge on any atom is -0.291 e. The molecule has 2 heteroatoms. The Labute approximate surface area is 48.7 Å². The van der Waals surface area contributed by atoms with Crippen LogP contribution in [-0.4, -0.2) is 12.2 Å². The van der Waals surface area contributed by atoms with Crippen LogP contribution in [0.1, 0.15) is 13.3 Å². The molecule has 0 aromatic heterocycles. The van der Waals surface area contributed by atoms with E-state index in [2.05, 4.69) is 0 Å². The van der Waals surface area contributed by atoms with Crippen LogP contribution in [0.25, 0.3) is 0 Å². The molecule has 0 aliphatic carbocycles. The zero-order valence-corrected chi connectivity index (χ0v) is 5.03. The fourth-order valence-electron chi connectivity index (χ4n) is 0.197. The molecule has 0 aromatic rings. The van der Waals surface area contributed by atoms with Crippen molar-refractivity contribution in [1.82, 2.24) is 0 Å². The van der Waals surface area contributed by atoms with Gasteiger partial charge in [-0.2, -0.15) is 0 Å². The summed E-state index contributed by atoms with van der Waals surface area (Å²) in [6.07, 6.45) is 2.25. The van der Waals surface area contributed by atoms with Crippen molar-refractivity contribution < 1.29 is 4.79 Å². The Bertz CT molecular complexity index is 54.0. The van der Waals surface area contributed by atoms with E-state index in [-0.39, 0.29) is 0 Å². The first kappa shape index (κ1) is 6.96. The number of hydrogen-bond acceptors (Lipinski definition) is 1. The fraction of sp³-hybridized carbons (Fsp3) is 0.800. The minimum absolute atomic E-state index is 0.291. The maximum atomic E-state index is 9.59. The van der Waals surface area contributed by atoms with Gasteiger partial charge in [-0.25, -0.2) is 0 Å². The predicted octanol–water partition coefficient (Wildman–Crippen LogP) is 1.36. The molecule has 0 saturated carbocycles. The van der Waals surface area contributed by atoms with Gasteiger partial charge in [0, 0.05) is 12.3 Å². The third kappa shape index (κ3) is 3.80. The average Bonchev–Trinajstić information content (AvgIpc) is 1.68. The van der Waals surface area contributed by atoms with Gasteiger partial charge >= 0.3 is 0 Å². The van der Waals surface area contributed by atoms with Gasteiger partial charge in [0.05, 0.1) is 0 Å². The summed E-state index contributed by atoms with van der Waals surface area (Å²) in [5, 5.41) is 0. The number of hydrogen-bond donors (Lipinski definition) is 0. The van der Waals surface area contributed by atoms with E-state index in [1.807, 2.05) is 6.92 Å². The molecule has 1 nitrogen and oxygen atoms in total. The first-order chi connectivity index (χ1) is 3.31. The Morgan fingerprint density at radius 2 is 2.43 bits per heavy atom. The van der Waals surface area contributed by atoms with Crippen LogP contribution in [0.3, 0.4) is 0 Å². The first-order valence-electron chi connectivity index (χ1n) is 2.22. The Morgan fingerprint density at radius 3 is 2.57 bits per heavy atom. The van der Waals surface area contributed by atoms with Crippen molar-refractivity contribution >= 4 is 17.9 Å². The minimum atomic E-state index is 0.291. The average molecular weight is 120 g/mol. The zero-order chi connectivity index (χ0) is 5.70. The standard InChI is InChI=1S/C5H8ClO/c1-5(4-6)2-3-7/h5H,2,4H2,1H3. The van der Waals surface area contributed by atoms with Crippen LogP contribution in [0.15, 0.2) is 0 Å². The van der Waals surface area contributed by atoms with Gasteiger partial charge < -0.3 is 0 Å². The molecule has 0 spiro atoms. The van der Waals surface area contributed by atoms with Crippen molar-refractivity contribution in [3.05, 3.63) is 0 Å². The summed E-state index contributed by atoms with van der Waals surface area (Å²) in [6.45, 7) is 1.91. The Balaban J connectivity index is 2.98. The van der Waals surface area contributed by atoms with E-state index in [4.69, 9.17) is 11.6 Å². The van der Waals surface area contributed by atoms with Crippen molar-refractivity contribution in [3.63, 3.8) is 0 Å². The number of rotatable bonds is 3. The van der Waals surface area contributed by atoms with Gasteiger partial charge in [-0.15, -0.1) is 11.6 Å². The predicted molar refractivity (Wildman–Crippen MR) is 30.2 cm³/mol. The lowest BCUT2D eigenvalue weighted by molar-refractivity contribution is 0.536. The van der Waals surface area contributed by atoms with E-state index in [1.54, 1.807) is 6.29 Å². The molecule has 1 atom stereocenters.